The Bertz CT molecular complexity index is 1240. The zero-order valence-electron chi connectivity index (χ0n) is 17.0. The Labute approximate surface area is 181 Å². The van der Waals surface area contributed by atoms with Crippen molar-refractivity contribution in [1.82, 2.24) is 19.8 Å². The van der Waals surface area contributed by atoms with E-state index in [4.69, 9.17) is 9.40 Å². The number of nitrogens with zero attached hydrogens (tertiary/aromatic N) is 3. The summed E-state index contributed by atoms with van der Waals surface area (Å²) < 4.78 is 6.59. The molecule has 1 amide bonds. The molecule has 9 heteroatoms. The summed E-state index contributed by atoms with van der Waals surface area (Å²) in [5, 5.41) is 10.5. The van der Waals surface area contributed by atoms with Gasteiger partial charge in [0.05, 0.1) is 12.1 Å². The van der Waals surface area contributed by atoms with Crippen LogP contribution in [-0.2, 0) is 6.54 Å². The first kappa shape index (κ1) is 19.6. The van der Waals surface area contributed by atoms with Crippen LogP contribution >= 0.6 is 15.9 Å². The first-order valence-electron chi connectivity index (χ1n) is 9.95. The summed E-state index contributed by atoms with van der Waals surface area (Å²) >= 11 is 3.46. The summed E-state index contributed by atoms with van der Waals surface area (Å²) in [6.07, 6.45) is -0.0767. The van der Waals surface area contributed by atoms with E-state index in [1.165, 1.54) is 0 Å². The number of carboxylic acid groups (broad SMARTS) is 1. The molecule has 0 aliphatic carbocycles. The van der Waals surface area contributed by atoms with Gasteiger partial charge in [-0.3, -0.25) is 14.6 Å². The Hall–Kier alpha value is -2.39. The van der Waals surface area contributed by atoms with Crippen LogP contribution in [0.4, 0.5) is 4.79 Å². The summed E-state index contributed by atoms with van der Waals surface area (Å²) in [7, 11) is 0. The van der Waals surface area contributed by atoms with Gasteiger partial charge < -0.3 is 14.5 Å². The summed E-state index contributed by atoms with van der Waals surface area (Å²) in [6, 6.07) is 5.68. The van der Waals surface area contributed by atoms with Crippen LogP contribution in [0.3, 0.4) is 0 Å². The van der Waals surface area contributed by atoms with E-state index in [0.717, 1.165) is 16.3 Å². The fourth-order valence-electron chi connectivity index (χ4n) is 5.14. The molecule has 8 nitrogen and oxygen atoms in total. The molecular weight excluding hydrogens is 452 g/mol. The molecule has 5 rings (SSSR count). The molecule has 2 aliphatic heterocycles. The second-order valence-electron chi connectivity index (χ2n) is 9.37. The highest BCUT2D eigenvalue weighted by atomic mass is 79.9. The van der Waals surface area contributed by atoms with Crippen LogP contribution in [0.25, 0.3) is 22.1 Å². The fraction of sp³-hybridized carbons (Fsp3) is 0.476. The highest BCUT2D eigenvalue weighted by molar-refractivity contribution is 9.10. The zero-order valence-corrected chi connectivity index (χ0v) is 18.6. The van der Waals surface area contributed by atoms with Crippen molar-refractivity contribution in [2.24, 2.45) is 5.41 Å². The van der Waals surface area contributed by atoms with Crippen LogP contribution in [-0.4, -0.2) is 55.6 Å². The molecule has 30 heavy (non-hydrogen) atoms. The highest BCUT2D eigenvalue weighted by Gasteiger charge is 2.61. The van der Waals surface area contributed by atoms with Crippen LogP contribution in [0.5, 0.6) is 0 Å². The summed E-state index contributed by atoms with van der Waals surface area (Å²) in [4.78, 5) is 35.9. The van der Waals surface area contributed by atoms with Gasteiger partial charge in [-0.05, 0) is 30.0 Å². The Morgan fingerprint density at radius 3 is 2.90 bits per heavy atom. The Morgan fingerprint density at radius 2 is 2.20 bits per heavy atom. The van der Waals surface area contributed by atoms with Gasteiger partial charge in [0.25, 0.3) is 5.56 Å². The van der Waals surface area contributed by atoms with Crippen LogP contribution in [0.15, 0.2) is 31.9 Å². The average molecular weight is 475 g/mol. The van der Waals surface area contributed by atoms with E-state index in [0.29, 0.717) is 36.6 Å². The number of H-pyrrole nitrogens is 1. The van der Waals surface area contributed by atoms with Gasteiger partial charge in [0.15, 0.2) is 0 Å². The van der Waals surface area contributed by atoms with Crippen LogP contribution in [0.1, 0.15) is 33.0 Å². The number of likely N-dealkylation sites (tertiary alicyclic amines) is 2. The Kier molecular flexibility index (Phi) is 4.11. The quantitative estimate of drug-likeness (QED) is 0.585. The number of fused-ring (bicyclic) bond motifs is 5. The van der Waals surface area contributed by atoms with Crippen molar-refractivity contribution < 1.29 is 14.3 Å². The van der Waals surface area contributed by atoms with Gasteiger partial charge in [-0.2, -0.15) is 0 Å². The number of carbonyl (C=O) groups is 1. The first-order valence-corrected chi connectivity index (χ1v) is 10.7. The summed E-state index contributed by atoms with van der Waals surface area (Å²) in [5.74, 6) is 0.564. The molecule has 2 bridgehead atoms. The number of benzene rings is 1. The van der Waals surface area contributed by atoms with Gasteiger partial charge in [-0.15, -0.1) is 0 Å². The van der Waals surface area contributed by atoms with E-state index in [-0.39, 0.29) is 22.6 Å². The van der Waals surface area contributed by atoms with E-state index in [1.54, 1.807) is 4.90 Å². The van der Waals surface area contributed by atoms with Gasteiger partial charge in [0.1, 0.15) is 16.9 Å². The van der Waals surface area contributed by atoms with E-state index >= 15 is 0 Å². The highest BCUT2D eigenvalue weighted by Crippen LogP contribution is 2.50. The first-order chi connectivity index (χ1) is 14.1. The van der Waals surface area contributed by atoms with Crippen molar-refractivity contribution in [3.8, 4) is 0 Å². The third-order valence-corrected chi connectivity index (χ3v) is 7.27. The number of aromatic amines is 1. The number of halogens is 1. The average Bonchev–Trinajstić information content (AvgIpc) is 3.32. The number of rotatable bonds is 2. The smallest absolute Gasteiger partial charge is 0.407 e. The van der Waals surface area contributed by atoms with E-state index < -0.39 is 11.6 Å². The summed E-state index contributed by atoms with van der Waals surface area (Å²) in [5.41, 5.74) is 0.440. The third kappa shape index (κ3) is 2.71. The standard InChI is InChI=1S/C21H23BrN4O4/c1-20(2,3)21-7-12(8-26(21)19(28)29)25(10-21)9-15-23-16-13-6-11(22)4-5-14(13)30-17(16)18(27)24-15/h4-6,12H,7-10H2,1-3H3,(H,28,29)(H,23,24,27)/t12-,21+/m0/s1. The Balaban J connectivity index is 1.51. The van der Waals surface area contributed by atoms with E-state index in [9.17, 15) is 14.7 Å². The number of hydrogen-bond donors (Lipinski definition) is 2. The molecule has 158 valence electrons. The lowest BCUT2D eigenvalue weighted by Crippen LogP contribution is -2.61. The molecule has 0 radical (unpaired) electrons. The second kappa shape index (κ2) is 6.31. The molecule has 2 N–H and O–H groups in total. The maximum atomic E-state index is 12.6. The normalized spacial score (nSPS) is 24.4. The van der Waals surface area contributed by atoms with Gasteiger partial charge in [-0.25, -0.2) is 9.78 Å². The van der Waals surface area contributed by atoms with Crippen molar-refractivity contribution in [3.63, 3.8) is 0 Å². The van der Waals surface area contributed by atoms with Crippen molar-refractivity contribution >= 4 is 44.1 Å². The van der Waals surface area contributed by atoms with Crippen molar-refractivity contribution in [2.45, 2.75) is 45.3 Å². The maximum Gasteiger partial charge on any atom is 0.407 e. The van der Waals surface area contributed by atoms with Crippen LogP contribution in [0, 0.1) is 5.41 Å². The number of aromatic nitrogens is 2. The lowest BCUT2D eigenvalue weighted by atomic mass is 9.73. The van der Waals surface area contributed by atoms with Gasteiger partial charge in [0.2, 0.25) is 5.58 Å². The minimum absolute atomic E-state index is 0.108. The molecule has 1 aromatic carbocycles. The van der Waals surface area contributed by atoms with Crippen LogP contribution in [0.2, 0.25) is 0 Å². The lowest BCUT2D eigenvalue weighted by Gasteiger charge is -2.48. The van der Waals surface area contributed by atoms with Gasteiger partial charge in [0, 0.05) is 29.0 Å². The largest absolute Gasteiger partial charge is 0.465 e. The predicted octanol–water partition coefficient (Wildman–Crippen LogP) is 3.78. The molecule has 0 unspecified atom stereocenters. The minimum atomic E-state index is -0.865. The number of furan rings is 1. The molecule has 2 atom stereocenters. The van der Waals surface area contributed by atoms with Crippen LogP contribution < -0.4 is 5.56 Å². The van der Waals surface area contributed by atoms with E-state index in [1.807, 2.05) is 18.2 Å². The molecule has 2 saturated heterocycles. The maximum absolute atomic E-state index is 12.6. The fourth-order valence-corrected chi connectivity index (χ4v) is 5.50. The van der Waals surface area contributed by atoms with E-state index in [2.05, 4.69) is 46.6 Å². The molecule has 3 aromatic rings. The second-order valence-corrected chi connectivity index (χ2v) is 10.3. The van der Waals surface area contributed by atoms with Gasteiger partial charge >= 0.3 is 6.09 Å². The minimum Gasteiger partial charge on any atom is -0.465 e. The number of amides is 1. The van der Waals surface area contributed by atoms with Crippen molar-refractivity contribution in [2.75, 3.05) is 13.1 Å². The SMILES string of the molecule is CC(C)(C)[C@]12C[C@@H](CN1C(=O)O)N(Cc1nc3c(oc4ccc(Br)cc43)c(=O)[nH]1)C2. The Morgan fingerprint density at radius 1 is 1.43 bits per heavy atom. The molecule has 4 heterocycles. The van der Waals surface area contributed by atoms with Crippen molar-refractivity contribution in [3.05, 3.63) is 38.9 Å². The summed E-state index contributed by atoms with van der Waals surface area (Å²) in [6.45, 7) is 7.83. The molecule has 0 spiro atoms. The monoisotopic (exact) mass is 474 g/mol. The molecular formula is C21H23BrN4O4. The van der Waals surface area contributed by atoms with Gasteiger partial charge in [-0.1, -0.05) is 36.7 Å². The lowest BCUT2D eigenvalue weighted by molar-refractivity contribution is 0.000378. The topological polar surface area (TPSA) is 103 Å². The third-order valence-electron chi connectivity index (χ3n) is 6.78. The number of nitrogens with one attached hydrogen (secondary N) is 1. The zero-order chi connectivity index (χ0) is 21.4. The number of hydrogen-bond acceptors (Lipinski definition) is 5. The molecule has 0 saturated carbocycles. The number of piperazine rings is 1. The molecule has 2 aromatic heterocycles. The molecule has 2 fully saturated rings. The molecule has 2 aliphatic rings. The predicted molar refractivity (Wildman–Crippen MR) is 116 cm³/mol. The van der Waals surface area contributed by atoms with Crippen molar-refractivity contribution in [1.29, 1.82) is 0 Å².